The van der Waals surface area contributed by atoms with Crippen LogP contribution in [-0.2, 0) is 4.74 Å². The monoisotopic (exact) mass is 260 g/mol. The van der Waals surface area contributed by atoms with Crippen molar-refractivity contribution >= 4 is 22.6 Å². The highest BCUT2D eigenvalue weighted by molar-refractivity contribution is 14.1. The maximum absolute atomic E-state index is 9.09. The van der Waals surface area contributed by atoms with E-state index in [9.17, 15) is 0 Å². The van der Waals surface area contributed by atoms with Crippen molar-refractivity contribution in [3.63, 3.8) is 0 Å². The zero-order chi connectivity index (χ0) is 7.72. The van der Waals surface area contributed by atoms with E-state index in [0.29, 0.717) is 4.43 Å². The standard InChI is InChI=1S/C5H9IO4/c6-1-2-3(7)4(8)5(9)10-2/h2-5,7-9H,1H2/t2-,3-,4-,5?/m1/s1. The molecule has 4 nitrogen and oxygen atoms in total. The fourth-order valence-electron chi connectivity index (χ4n) is 0.856. The van der Waals surface area contributed by atoms with Gasteiger partial charge in [-0.05, 0) is 0 Å². The van der Waals surface area contributed by atoms with E-state index in [1.54, 1.807) is 0 Å². The molecule has 60 valence electrons. The summed E-state index contributed by atoms with van der Waals surface area (Å²) in [6.45, 7) is 0. The van der Waals surface area contributed by atoms with E-state index in [2.05, 4.69) is 0 Å². The van der Waals surface area contributed by atoms with Crippen LogP contribution in [0.15, 0.2) is 0 Å². The maximum Gasteiger partial charge on any atom is 0.183 e. The Morgan fingerprint density at radius 3 is 2.00 bits per heavy atom. The third-order valence-corrected chi connectivity index (χ3v) is 2.36. The van der Waals surface area contributed by atoms with Gasteiger partial charge < -0.3 is 20.1 Å². The average molecular weight is 260 g/mol. The minimum absolute atomic E-state index is 0.439. The summed E-state index contributed by atoms with van der Waals surface area (Å²) in [5.41, 5.74) is 0. The smallest absolute Gasteiger partial charge is 0.183 e. The molecule has 0 bridgehead atoms. The second kappa shape index (κ2) is 3.31. The van der Waals surface area contributed by atoms with Crippen LogP contribution >= 0.6 is 22.6 Å². The van der Waals surface area contributed by atoms with Crippen LogP contribution in [0.3, 0.4) is 0 Å². The number of alkyl halides is 1. The summed E-state index contributed by atoms with van der Waals surface area (Å²) in [6, 6.07) is 0. The first kappa shape index (κ1) is 8.66. The molecule has 1 unspecified atom stereocenters. The molecule has 0 aliphatic carbocycles. The second-order valence-electron chi connectivity index (χ2n) is 2.20. The third-order valence-electron chi connectivity index (χ3n) is 1.49. The van der Waals surface area contributed by atoms with Crippen molar-refractivity contribution in [2.24, 2.45) is 0 Å². The molecule has 1 rings (SSSR count). The number of aliphatic hydroxyl groups is 3. The molecule has 1 aliphatic rings. The number of hydrogen-bond acceptors (Lipinski definition) is 4. The van der Waals surface area contributed by atoms with E-state index >= 15 is 0 Å². The fraction of sp³-hybridized carbons (Fsp3) is 1.00. The van der Waals surface area contributed by atoms with Gasteiger partial charge in [0, 0.05) is 4.43 Å². The zero-order valence-electron chi connectivity index (χ0n) is 5.14. The summed E-state index contributed by atoms with van der Waals surface area (Å²) in [5, 5.41) is 26.9. The predicted octanol–water partition coefficient (Wildman–Crippen LogP) is -1.14. The van der Waals surface area contributed by atoms with E-state index in [-0.39, 0.29) is 0 Å². The van der Waals surface area contributed by atoms with E-state index in [1.165, 1.54) is 0 Å². The molecule has 0 spiro atoms. The van der Waals surface area contributed by atoms with Gasteiger partial charge in [-0.25, -0.2) is 0 Å². The lowest BCUT2D eigenvalue weighted by Crippen LogP contribution is -2.32. The van der Waals surface area contributed by atoms with Gasteiger partial charge in [0.2, 0.25) is 0 Å². The third kappa shape index (κ3) is 1.42. The van der Waals surface area contributed by atoms with Crippen molar-refractivity contribution in [1.82, 2.24) is 0 Å². The summed E-state index contributed by atoms with van der Waals surface area (Å²) in [4.78, 5) is 0. The van der Waals surface area contributed by atoms with Crippen LogP contribution < -0.4 is 0 Å². The van der Waals surface area contributed by atoms with Crippen molar-refractivity contribution < 1.29 is 20.1 Å². The highest BCUT2D eigenvalue weighted by Crippen LogP contribution is 2.20. The van der Waals surface area contributed by atoms with Crippen LogP contribution in [-0.4, -0.2) is 44.3 Å². The molecule has 0 amide bonds. The summed E-state index contributed by atoms with van der Waals surface area (Å²) in [7, 11) is 0. The van der Waals surface area contributed by atoms with Crippen LogP contribution in [0.4, 0.5) is 0 Å². The van der Waals surface area contributed by atoms with Gasteiger partial charge in [-0.2, -0.15) is 0 Å². The van der Waals surface area contributed by atoms with Gasteiger partial charge in [-0.15, -0.1) is 0 Å². The molecule has 1 heterocycles. The highest BCUT2D eigenvalue weighted by atomic mass is 127. The first-order valence-electron chi connectivity index (χ1n) is 2.92. The molecule has 0 aromatic carbocycles. The number of ether oxygens (including phenoxy) is 1. The number of halogens is 1. The van der Waals surface area contributed by atoms with Crippen LogP contribution in [0, 0.1) is 0 Å². The summed E-state index contributed by atoms with van der Waals surface area (Å²) in [6.07, 6.45) is -3.77. The number of aliphatic hydroxyl groups excluding tert-OH is 3. The fourth-order valence-corrected chi connectivity index (χ4v) is 1.58. The Kier molecular flexibility index (Phi) is 2.87. The molecule has 1 saturated heterocycles. The maximum atomic E-state index is 9.09. The van der Waals surface area contributed by atoms with Crippen LogP contribution in [0.2, 0.25) is 0 Å². The van der Waals surface area contributed by atoms with Gasteiger partial charge in [0.15, 0.2) is 6.29 Å². The molecule has 4 atom stereocenters. The molecule has 0 saturated carbocycles. The Balaban J connectivity index is 2.53. The topological polar surface area (TPSA) is 69.9 Å². The molecule has 0 aromatic rings. The zero-order valence-corrected chi connectivity index (χ0v) is 7.30. The minimum Gasteiger partial charge on any atom is -0.387 e. The Bertz CT molecular complexity index is 120. The van der Waals surface area contributed by atoms with Crippen molar-refractivity contribution in [3.8, 4) is 0 Å². The van der Waals surface area contributed by atoms with Crippen LogP contribution in [0.1, 0.15) is 0 Å². The summed E-state index contributed by atoms with van der Waals surface area (Å²) in [5.74, 6) is 0. The minimum atomic E-state index is -1.23. The van der Waals surface area contributed by atoms with Gasteiger partial charge in [-0.1, -0.05) is 22.6 Å². The Hall–Kier alpha value is 0.570. The quantitative estimate of drug-likeness (QED) is 0.412. The first-order chi connectivity index (χ1) is 4.66. The number of hydrogen-bond donors (Lipinski definition) is 3. The first-order valence-corrected chi connectivity index (χ1v) is 4.45. The molecular formula is C5H9IO4. The van der Waals surface area contributed by atoms with Crippen molar-refractivity contribution in [3.05, 3.63) is 0 Å². The molecular weight excluding hydrogens is 251 g/mol. The van der Waals surface area contributed by atoms with Gasteiger partial charge in [0.1, 0.15) is 12.2 Å². The van der Waals surface area contributed by atoms with Crippen molar-refractivity contribution in [2.45, 2.75) is 24.6 Å². The lowest BCUT2D eigenvalue weighted by molar-refractivity contribution is -0.123. The molecule has 10 heavy (non-hydrogen) atoms. The van der Waals surface area contributed by atoms with E-state index in [0.717, 1.165) is 0 Å². The van der Waals surface area contributed by atoms with Gasteiger partial charge in [0.25, 0.3) is 0 Å². The van der Waals surface area contributed by atoms with Crippen molar-refractivity contribution in [1.29, 1.82) is 0 Å². The normalized spacial score (nSPS) is 48.0. The molecule has 1 aliphatic heterocycles. The van der Waals surface area contributed by atoms with E-state index < -0.39 is 24.6 Å². The second-order valence-corrected chi connectivity index (χ2v) is 3.08. The highest BCUT2D eigenvalue weighted by Gasteiger charge is 2.40. The Morgan fingerprint density at radius 1 is 1.20 bits per heavy atom. The molecule has 0 aromatic heterocycles. The molecule has 3 N–H and O–H groups in total. The van der Waals surface area contributed by atoms with Crippen LogP contribution in [0.25, 0.3) is 0 Å². The van der Waals surface area contributed by atoms with Crippen molar-refractivity contribution in [2.75, 3.05) is 4.43 Å². The largest absolute Gasteiger partial charge is 0.387 e. The van der Waals surface area contributed by atoms with Gasteiger partial charge in [0.05, 0.1) is 6.10 Å². The van der Waals surface area contributed by atoms with Gasteiger partial charge in [-0.3, -0.25) is 0 Å². The number of rotatable bonds is 1. The predicted molar refractivity (Wildman–Crippen MR) is 41.8 cm³/mol. The molecule has 1 fully saturated rings. The van der Waals surface area contributed by atoms with Gasteiger partial charge >= 0.3 is 0 Å². The molecule has 5 heteroatoms. The average Bonchev–Trinajstić information content (AvgIpc) is 2.17. The van der Waals surface area contributed by atoms with E-state index in [4.69, 9.17) is 20.1 Å². The van der Waals surface area contributed by atoms with Crippen LogP contribution in [0.5, 0.6) is 0 Å². The summed E-state index contributed by atoms with van der Waals surface area (Å²) < 4.78 is 5.35. The lowest BCUT2D eigenvalue weighted by Gasteiger charge is -2.09. The molecule has 0 radical (unpaired) electrons. The Morgan fingerprint density at radius 2 is 1.80 bits per heavy atom. The SMILES string of the molecule is OC1O[C@H](CI)[C@@H](O)[C@H]1O. The van der Waals surface area contributed by atoms with E-state index in [1.807, 2.05) is 22.6 Å². The Labute approximate surface area is 72.0 Å². The lowest BCUT2D eigenvalue weighted by atomic mass is 10.2. The summed E-state index contributed by atoms with van der Waals surface area (Å²) >= 11 is 2.02.